The number of carbonyl (C=O) groups excluding carboxylic acids is 1. The monoisotopic (exact) mass is 225 g/mol. The first-order valence-corrected chi connectivity index (χ1v) is 3.87. The molecule has 0 aliphatic heterocycles. The average molecular weight is 226 g/mol. The van der Waals surface area contributed by atoms with Gasteiger partial charge in [-0.15, -0.1) is 0 Å². The van der Waals surface area contributed by atoms with Gasteiger partial charge in [0.25, 0.3) is 0 Å². The molecule has 0 atom stereocenters. The second-order valence-electron chi connectivity index (χ2n) is 1.71. The molecule has 1 rings (SSSR count). The highest BCUT2D eigenvalue weighted by molar-refractivity contribution is 6.46. The zero-order chi connectivity index (χ0) is 9.14. The van der Waals surface area contributed by atoms with Crippen LogP contribution in [0.3, 0.4) is 0 Å². The quantitative estimate of drug-likeness (QED) is 0.620. The van der Waals surface area contributed by atoms with Crippen LogP contribution in [0.2, 0.25) is 15.3 Å². The summed E-state index contributed by atoms with van der Waals surface area (Å²) in [6.45, 7) is 0. The van der Waals surface area contributed by atoms with E-state index in [9.17, 15) is 4.79 Å². The lowest BCUT2D eigenvalue weighted by Crippen LogP contribution is -2.00. The fraction of sp³-hybridized carbons (Fsp3) is 0. The van der Waals surface area contributed by atoms with E-state index >= 15 is 0 Å². The lowest BCUT2D eigenvalue weighted by atomic mass is 10.6. The molecular formula is C5H2Cl3N3O. The predicted molar refractivity (Wildman–Crippen MR) is 46.7 cm³/mol. The number of hydrogen-bond acceptors (Lipinski definition) is 3. The van der Waals surface area contributed by atoms with Gasteiger partial charge in [0, 0.05) is 0 Å². The molecule has 7 heteroatoms. The lowest BCUT2D eigenvalue weighted by Gasteiger charge is -2.00. The number of rotatable bonds is 2. The summed E-state index contributed by atoms with van der Waals surface area (Å²) in [4.78, 5) is 17.2. The van der Waals surface area contributed by atoms with Gasteiger partial charge in [0.05, 0.1) is 0 Å². The van der Waals surface area contributed by atoms with Gasteiger partial charge in [-0.1, -0.05) is 34.8 Å². The maximum absolute atomic E-state index is 9.97. The summed E-state index contributed by atoms with van der Waals surface area (Å²) in [6, 6.07) is 0. The van der Waals surface area contributed by atoms with Gasteiger partial charge in [0.15, 0.2) is 10.3 Å². The topological polar surface area (TPSA) is 54.9 Å². The minimum Gasteiger partial charge on any atom is -0.297 e. The van der Waals surface area contributed by atoms with E-state index in [4.69, 9.17) is 34.8 Å². The molecule has 1 heterocycles. The van der Waals surface area contributed by atoms with E-state index in [1.54, 1.807) is 0 Å². The van der Waals surface area contributed by atoms with Crippen LogP contribution in [0.25, 0.3) is 0 Å². The van der Waals surface area contributed by atoms with E-state index in [-0.39, 0.29) is 21.3 Å². The fourth-order valence-corrected chi connectivity index (χ4v) is 0.983. The first kappa shape index (κ1) is 9.51. The van der Waals surface area contributed by atoms with Gasteiger partial charge in [-0.3, -0.25) is 10.1 Å². The van der Waals surface area contributed by atoms with Crippen LogP contribution in [0.4, 0.5) is 5.95 Å². The van der Waals surface area contributed by atoms with Crippen LogP contribution in [0.5, 0.6) is 0 Å². The number of aromatic nitrogens is 2. The Hall–Kier alpha value is -0.580. The molecule has 1 aromatic heterocycles. The van der Waals surface area contributed by atoms with Gasteiger partial charge in [-0.2, -0.15) is 9.97 Å². The zero-order valence-electron chi connectivity index (χ0n) is 5.51. The molecule has 0 saturated carbocycles. The second kappa shape index (κ2) is 3.89. The maximum Gasteiger partial charge on any atom is 0.232 e. The number of anilines is 1. The SMILES string of the molecule is O=CNc1nc(Cl)c(Cl)c(Cl)n1. The normalized spacial score (nSPS) is 9.58. The van der Waals surface area contributed by atoms with Crippen LogP contribution in [0, 0.1) is 0 Å². The van der Waals surface area contributed by atoms with Crippen LogP contribution in [-0.2, 0) is 4.79 Å². The molecule has 0 aliphatic carbocycles. The van der Waals surface area contributed by atoms with E-state index in [2.05, 4.69) is 15.3 Å². The molecule has 1 amide bonds. The molecule has 0 aromatic carbocycles. The minimum atomic E-state index is 0.000941. The summed E-state index contributed by atoms with van der Waals surface area (Å²) in [5.74, 6) is 0.0180. The second-order valence-corrected chi connectivity index (χ2v) is 2.80. The molecule has 64 valence electrons. The Morgan fingerprint density at radius 2 is 1.67 bits per heavy atom. The van der Waals surface area contributed by atoms with Crippen molar-refractivity contribution in [3.8, 4) is 0 Å². The Kier molecular flexibility index (Phi) is 3.08. The Bertz CT molecular complexity index is 294. The number of hydrogen-bond donors (Lipinski definition) is 1. The third kappa shape index (κ3) is 1.97. The van der Waals surface area contributed by atoms with Gasteiger partial charge in [0.1, 0.15) is 5.02 Å². The van der Waals surface area contributed by atoms with Crippen molar-refractivity contribution in [2.24, 2.45) is 0 Å². The Balaban J connectivity index is 3.11. The molecule has 0 bridgehead atoms. The van der Waals surface area contributed by atoms with E-state index in [0.29, 0.717) is 6.41 Å². The number of carbonyl (C=O) groups is 1. The predicted octanol–water partition coefficient (Wildman–Crippen LogP) is 2.01. The van der Waals surface area contributed by atoms with Crippen LogP contribution < -0.4 is 5.32 Å². The van der Waals surface area contributed by atoms with Gasteiger partial charge in [0.2, 0.25) is 12.4 Å². The summed E-state index contributed by atoms with van der Waals surface area (Å²) >= 11 is 16.6. The minimum absolute atomic E-state index is 0.000941. The molecule has 12 heavy (non-hydrogen) atoms. The van der Waals surface area contributed by atoms with Gasteiger partial charge >= 0.3 is 0 Å². The summed E-state index contributed by atoms with van der Waals surface area (Å²) in [5.41, 5.74) is 0. The van der Waals surface area contributed by atoms with Crippen molar-refractivity contribution >= 4 is 47.2 Å². The molecule has 0 saturated heterocycles. The molecule has 1 aromatic rings. The van der Waals surface area contributed by atoms with Crippen molar-refractivity contribution in [2.75, 3.05) is 5.32 Å². The average Bonchev–Trinajstić information content (AvgIpc) is 2.01. The van der Waals surface area contributed by atoms with E-state index in [1.165, 1.54) is 0 Å². The Morgan fingerprint density at radius 1 is 1.17 bits per heavy atom. The fourth-order valence-electron chi connectivity index (χ4n) is 0.511. The molecule has 0 fully saturated rings. The van der Waals surface area contributed by atoms with Crippen molar-refractivity contribution in [2.45, 2.75) is 0 Å². The first-order valence-electron chi connectivity index (χ1n) is 2.74. The molecule has 0 aliphatic rings. The molecule has 4 nitrogen and oxygen atoms in total. The molecule has 0 unspecified atom stereocenters. The van der Waals surface area contributed by atoms with Gasteiger partial charge in [-0.25, -0.2) is 0 Å². The third-order valence-corrected chi connectivity index (χ3v) is 2.06. The van der Waals surface area contributed by atoms with Crippen molar-refractivity contribution in [1.29, 1.82) is 0 Å². The highest BCUT2D eigenvalue weighted by Gasteiger charge is 2.08. The van der Waals surface area contributed by atoms with E-state index in [1.807, 2.05) is 0 Å². The summed E-state index contributed by atoms with van der Waals surface area (Å²) in [5, 5.41) is 2.25. The summed E-state index contributed by atoms with van der Waals surface area (Å²) in [7, 11) is 0. The molecular weight excluding hydrogens is 224 g/mol. The number of halogens is 3. The van der Waals surface area contributed by atoms with Crippen LogP contribution in [-0.4, -0.2) is 16.4 Å². The van der Waals surface area contributed by atoms with Gasteiger partial charge in [-0.05, 0) is 0 Å². The molecule has 0 spiro atoms. The summed E-state index contributed by atoms with van der Waals surface area (Å²) in [6.07, 6.45) is 0.413. The zero-order valence-corrected chi connectivity index (χ0v) is 7.78. The summed E-state index contributed by atoms with van der Waals surface area (Å²) < 4.78 is 0. The number of amides is 1. The van der Waals surface area contributed by atoms with Crippen LogP contribution in [0.1, 0.15) is 0 Å². The molecule has 0 radical (unpaired) electrons. The maximum atomic E-state index is 9.97. The van der Waals surface area contributed by atoms with E-state index in [0.717, 1.165) is 0 Å². The number of nitrogens with one attached hydrogen (secondary N) is 1. The van der Waals surface area contributed by atoms with Crippen molar-refractivity contribution in [3.63, 3.8) is 0 Å². The van der Waals surface area contributed by atoms with E-state index < -0.39 is 0 Å². The van der Waals surface area contributed by atoms with Gasteiger partial charge < -0.3 is 0 Å². The number of nitrogens with zero attached hydrogens (tertiary/aromatic N) is 2. The largest absolute Gasteiger partial charge is 0.297 e. The standard InChI is InChI=1S/C5H2Cl3N3O/c6-2-3(7)10-5(9-1-12)11-4(2)8/h1H,(H,9,10,11,12). The highest BCUT2D eigenvalue weighted by Crippen LogP contribution is 2.27. The Labute approximate surface area is 82.9 Å². The highest BCUT2D eigenvalue weighted by atomic mass is 35.5. The third-order valence-electron chi connectivity index (χ3n) is 0.958. The van der Waals surface area contributed by atoms with Crippen LogP contribution in [0.15, 0.2) is 0 Å². The van der Waals surface area contributed by atoms with Crippen molar-refractivity contribution < 1.29 is 4.79 Å². The van der Waals surface area contributed by atoms with Crippen LogP contribution >= 0.6 is 34.8 Å². The first-order chi connectivity index (χ1) is 5.65. The van der Waals surface area contributed by atoms with Crippen molar-refractivity contribution in [1.82, 2.24) is 9.97 Å². The molecule has 1 N–H and O–H groups in total. The lowest BCUT2D eigenvalue weighted by molar-refractivity contribution is -0.105. The Morgan fingerprint density at radius 3 is 2.08 bits per heavy atom. The van der Waals surface area contributed by atoms with Crippen molar-refractivity contribution in [3.05, 3.63) is 15.3 Å². The smallest absolute Gasteiger partial charge is 0.232 e.